The number of pyridine rings is 1. The van der Waals surface area contributed by atoms with Crippen molar-refractivity contribution in [3.05, 3.63) is 52.2 Å². The number of carbonyl (C=O) groups is 3. The van der Waals surface area contributed by atoms with Crippen molar-refractivity contribution in [2.45, 2.75) is 46.6 Å². The Balaban J connectivity index is 1.49. The van der Waals surface area contributed by atoms with Crippen LogP contribution in [0.2, 0.25) is 0 Å². The maximum atomic E-state index is 14.4. The molecule has 2 aliphatic heterocycles. The molecule has 0 radical (unpaired) electrons. The largest absolute Gasteiger partial charge is 0.493 e. The molecular weight excluding hydrogens is 656 g/mol. The molecule has 1 aromatic carbocycles. The first-order valence-corrected chi connectivity index (χ1v) is 17.2. The number of amides is 3. The Morgan fingerprint density at radius 3 is 2.37 bits per heavy atom. The molecule has 3 amide bonds. The normalized spacial score (nSPS) is 17.4. The maximum absolute atomic E-state index is 14.4. The molecule has 2 bridgehead atoms. The van der Waals surface area contributed by atoms with Crippen molar-refractivity contribution < 1.29 is 33.1 Å². The second kappa shape index (κ2) is 14.9. The van der Waals surface area contributed by atoms with E-state index in [0.29, 0.717) is 58.3 Å². The third kappa shape index (κ3) is 7.14. The molecule has 1 fully saturated rings. The lowest BCUT2D eigenvalue weighted by atomic mass is 9.97. The molecule has 0 aliphatic carbocycles. The lowest BCUT2D eigenvalue weighted by Crippen LogP contribution is -2.43. The van der Waals surface area contributed by atoms with Gasteiger partial charge < -0.3 is 38.8 Å². The van der Waals surface area contributed by atoms with Crippen LogP contribution in [0.3, 0.4) is 0 Å². The summed E-state index contributed by atoms with van der Waals surface area (Å²) in [4.78, 5) is 52.3. The second-order valence-electron chi connectivity index (χ2n) is 13.2. The highest BCUT2D eigenvalue weighted by atomic mass is 16.5. The van der Waals surface area contributed by atoms with Gasteiger partial charge in [0, 0.05) is 82.0 Å². The van der Waals surface area contributed by atoms with E-state index in [4.69, 9.17) is 23.7 Å². The minimum Gasteiger partial charge on any atom is -0.493 e. The Kier molecular flexibility index (Phi) is 10.3. The number of aryl methyl sites for hydroxylation is 4. The predicted molar refractivity (Wildman–Crippen MR) is 189 cm³/mol. The zero-order chi connectivity index (χ0) is 36.4. The van der Waals surface area contributed by atoms with Gasteiger partial charge in [0.25, 0.3) is 11.8 Å². The van der Waals surface area contributed by atoms with Gasteiger partial charge in [-0.05, 0) is 51.7 Å². The smallest absolute Gasteiger partial charge is 0.274 e. The Morgan fingerprint density at radius 1 is 0.941 bits per heavy atom. The highest BCUT2D eigenvalue weighted by Gasteiger charge is 2.30. The number of piperidine rings is 1. The number of nitrogens with one attached hydrogen (secondary N) is 1. The van der Waals surface area contributed by atoms with E-state index >= 15 is 0 Å². The first-order chi connectivity index (χ1) is 24.5. The first-order valence-electron chi connectivity index (χ1n) is 17.2. The standard InChI is InChI=1S/C36H46N8O7/c1-21-15-28(39-41(21)4)35(46)44-14-13-42(36(47)31-22(2)40-51-23(31)3)12-10-30(45)37-18-24-9-8-11-43(19-24)34-25(20-44)16-26-27(38-34)17-29(48-5)33(50-7)32(26)49-6/h15-17,24H,8-14,18-20H2,1-7H3,(H,37,45). The molecule has 1 saturated heterocycles. The van der Waals surface area contributed by atoms with Gasteiger partial charge >= 0.3 is 0 Å². The second-order valence-corrected chi connectivity index (χ2v) is 13.2. The summed E-state index contributed by atoms with van der Waals surface area (Å²) in [5, 5.41) is 12.3. The van der Waals surface area contributed by atoms with Crippen LogP contribution >= 0.6 is 0 Å². The predicted octanol–water partition coefficient (Wildman–Crippen LogP) is 3.43. The van der Waals surface area contributed by atoms with Crippen molar-refractivity contribution in [3.8, 4) is 17.2 Å². The van der Waals surface area contributed by atoms with Crippen LogP contribution in [0.1, 0.15) is 62.8 Å². The van der Waals surface area contributed by atoms with Gasteiger partial charge in [0.2, 0.25) is 11.7 Å². The number of ether oxygens (including phenoxy) is 3. The fraction of sp³-hybridized carbons (Fsp3) is 0.500. The lowest BCUT2D eigenvalue weighted by Gasteiger charge is -2.35. The number of aromatic nitrogens is 4. The molecule has 15 heteroatoms. The van der Waals surface area contributed by atoms with Gasteiger partial charge in [0.05, 0.1) is 32.5 Å². The molecule has 15 nitrogen and oxygen atoms in total. The van der Waals surface area contributed by atoms with Crippen molar-refractivity contribution in [2.75, 3.05) is 65.5 Å². The van der Waals surface area contributed by atoms with E-state index < -0.39 is 0 Å². The molecule has 1 N–H and O–H groups in total. The van der Waals surface area contributed by atoms with Gasteiger partial charge in [0.1, 0.15) is 17.1 Å². The van der Waals surface area contributed by atoms with Crippen LogP contribution in [0, 0.1) is 26.7 Å². The summed E-state index contributed by atoms with van der Waals surface area (Å²) in [6.07, 6.45) is 1.96. The topological polar surface area (TPSA) is 157 Å². The number of hydrogen-bond donors (Lipinski definition) is 1. The molecular formula is C36H46N8O7. The van der Waals surface area contributed by atoms with Gasteiger partial charge in [0.15, 0.2) is 17.2 Å². The van der Waals surface area contributed by atoms with Crippen molar-refractivity contribution >= 4 is 34.4 Å². The average molecular weight is 703 g/mol. The van der Waals surface area contributed by atoms with E-state index in [0.717, 1.165) is 36.5 Å². The lowest BCUT2D eigenvalue weighted by molar-refractivity contribution is -0.121. The van der Waals surface area contributed by atoms with Crippen LogP contribution < -0.4 is 24.4 Å². The van der Waals surface area contributed by atoms with Crippen LogP contribution in [0.4, 0.5) is 5.82 Å². The molecule has 6 rings (SSSR count). The Bertz CT molecular complexity index is 1910. The fourth-order valence-corrected chi connectivity index (χ4v) is 7.01. The highest BCUT2D eigenvalue weighted by molar-refractivity contribution is 5.97. The minimum absolute atomic E-state index is 0.107. The molecule has 51 heavy (non-hydrogen) atoms. The summed E-state index contributed by atoms with van der Waals surface area (Å²) in [6, 6.07) is 5.58. The Labute approximate surface area is 296 Å². The van der Waals surface area contributed by atoms with E-state index in [1.165, 1.54) is 0 Å². The summed E-state index contributed by atoms with van der Waals surface area (Å²) in [5.74, 6) is 1.91. The summed E-state index contributed by atoms with van der Waals surface area (Å²) in [7, 11) is 6.48. The number of methoxy groups -OCH3 is 3. The Morgan fingerprint density at radius 2 is 1.71 bits per heavy atom. The van der Waals surface area contributed by atoms with Crippen LogP contribution in [0.25, 0.3) is 10.9 Å². The van der Waals surface area contributed by atoms with Crippen molar-refractivity contribution in [1.29, 1.82) is 0 Å². The monoisotopic (exact) mass is 702 g/mol. The number of benzene rings is 1. The number of carbonyl (C=O) groups excluding carboxylic acids is 3. The molecule has 4 aromatic rings. The zero-order valence-corrected chi connectivity index (χ0v) is 30.4. The van der Waals surface area contributed by atoms with Crippen molar-refractivity contribution in [2.24, 2.45) is 13.0 Å². The van der Waals surface area contributed by atoms with E-state index in [1.807, 2.05) is 19.1 Å². The van der Waals surface area contributed by atoms with Crippen LogP contribution in [0.5, 0.6) is 17.2 Å². The van der Waals surface area contributed by atoms with Gasteiger partial charge in [-0.15, -0.1) is 0 Å². The van der Waals surface area contributed by atoms with Crippen LogP contribution in [-0.2, 0) is 18.4 Å². The Hall–Kier alpha value is -5.34. The molecule has 1 unspecified atom stereocenters. The summed E-state index contributed by atoms with van der Waals surface area (Å²) >= 11 is 0. The van der Waals surface area contributed by atoms with Crippen molar-refractivity contribution in [3.63, 3.8) is 0 Å². The van der Waals surface area contributed by atoms with Gasteiger partial charge in [-0.2, -0.15) is 5.10 Å². The summed E-state index contributed by atoms with van der Waals surface area (Å²) in [5.41, 5.74) is 3.36. The fourth-order valence-electron chi connectivity index (χ4n) is 7.01. The quantitative estimate of drug-likeness (QED) is 0.325. The number of fused-ring (bicyclic) bond motifs is 5. The molecule has 272 valence electrons. The molecule has 0 saturated carbocycles. The maximum Gasteiger partial charge on any atom is 0.274 e. The molecule has 1 atom stereocenters. The van der Waals surface area contributed by atoms with Gasteiger partial charge in [-0.25, -0.2) is 4.98 Å². The molecule has 0 spiro atoms. The number of anilines is 1. The van der Waals surface area contributed by atoms with Crippen LogP contribution in [-0.4, -0.2) is 108 Å². The van der Waals surface area contributed by atoms with Gasteiger partial charge in [-0.3, -0.25) is 19.1 Å². The molecule has 2 aliphatic rings. The van der Waals surface area contributed by atoms with E-state index in [9.17, 15) is 14.4 Å². The van der Waals surface area contributed by atoms with Gasteiger partial charge in [-0.1, -0.05) is 5.16 Å². The number of nitrogens with zero attached hydrogens (tertiary/aromatic N) is 7. The highest BCUT2D eigenvalue weighted by Crippen LogP contribution is 2.44. The summed E-state index contributed by atoms with van der Waals surface area (Å²) in [6.45, 7) is 7.81. The summed E-state index contributed by atoms with van der Waals surface area (Å²) < 4.78 is 24.2. The number of rotatable bonds is 5. The molecule has 3 aromatic heterocycles. The van der Waals surface area contributed by atoms with Crippen LogP contribution in [0.15, 0.2) is 22.7 Å². The average Bonchev–Trinajstić information content (AvgIpc) is 3.65. The van der Waals surface area contributed by atoms with E-state index in [1.54, 1.807) is 62.8 Å². The SMILES string of the molecule is COc1cc2nc3c(cc2c(OC)c1OC)CN(C(=O)c1cc(C)n(C)n1)CCN(C(=O)c1c(C)noc1C)CCC(=O)NCC1CCCN3C1. The molecule has 5 heterocycles. The van der Waals surface area contributed by atoms with E-state index in [2.05, 4.69) is 20.5 Å². The van der Waals surface area contributed by atoms with Crippen molar-refractivity contribution in [1.82, 2.24) is 35.0 Å². The zero-order valence-electron chi connectivity index (χ0n) is 30.4. The number of hydrogen-bond acceptors (Lipinski definition) is 11. The third-order valence-corrected chi connectivity index (χ3v) is 9.85. The third-order valence-electron chi connectivity index (χ3n) is 9.85. The minimum atomic E-state index is -0.315. The van der Waals surface area contributed by atoms with E-state index in [-0.39, 0.29) is 61.9 Å². The first kappa shape index (κ1) is 35.5.